The van der Waals surface area contributed by atoms with E-state index in [1.807, 2.05) is 34.9 Å². The Hall–Kier alpha value is -2.67. The van der Waals surface area contributed by atoms with Crippen LogP contribution in [0.4, 0.5) is 0 Å². The summed E-state index contributed by atoms with van der Waals surface area (Å²) in [6.07, 6.45) is 0. The van der Waals surface area contributed by atoms with Crippen LogP contribution in [0.5, 0.6) is 11.5 Å². The van der Waals surface area contributed by atoms with Crippen LogP contribution in [0.3, 0.4) is 0 Å². The van der Waals surface area contributed by atoms with E-state index < -0.39 is 0 Å². The number of rotatable bonds is 7. The van der Waals surface area contributed by atoms with Crippen LogP contribution in [0.2, 0.25) is 10.0 Å². The molecule has 4 aromatic rings. The number of aromatic nitrogens is 3. The van der Waals surface area contributed by atoms with E-state index in [0.29, 0.717) is 33.1 Å². The fraction of sp³-hybridized carbons (Fsp3) is 0.167. The summed E-state index contributed by atoms with van der Waals surface area (Å²) >= 11 is 13.8. The number of methoxy groups -OCH3 is 2. The number of benzene rings is 3. The van der Waals surface area contributed by atoms with E-state index in [1.165, 1.54) is 5.56 Å². The number of halogens is 2. The van der Waals surface area contributed by atoms with Crippen molar-refractivity contribution in [1.29, 1.82) is 0 Å². The number of aryl methyl sites for hydroxylation is 1. The summed E-state index contributed by atoms with van der Waals surface area (Å²) in [6.45, 7) is 2.06. The van der Waals surface area contributed by atoms with E-state index in [-0.39, 0.29) is 0 Å². The molecule has 1 heterocycles. The van der Waals surface area contributed by atoms with Crippen LogP contribution < -0.4 is 9.47 Å². The Labute approximate surface area is 201 Å². The predicted octanol–water partition coefficient (Wildman–Crippen LogP) is 6.86. The lowest BCUT2D eigenvalue weighted by molar-refractivity contribution is 0.394. The van der Waals surface area contributed by atoms with Gasteiger partial charge in [0.05, 0.1) is 24.3 Å². The van der Waals surface area contributed by atoms with Crippen molar-refractivity contribution in [3.8, 4) is 28.6 Å². The summed E-state index contributed by atoms with van der Waals surface area (Å²) in [5.74, 6) is 2.73. The van der Waals surface area contributed by atoms with Gasteiger partial charge >= 0.3 is 0 Å². The largest absolute Gasteiger partial charge is 0.497 e. The summed E-state index contributed by atoms with van der Waals surface area (Å²) < 4.78 is 12.9. The van der Waals surface area contributed by atoms with Crippen molar-refractivity contribution in [3.63, 3.8) is 0 Å². The minimum absolute atomic E-state index is 0.536. The van der Waals surface area contributed by atoms with E-state index in [1.54, 1.807) is 32.0 Å². The van der Waals surface area contributed by atoms with Gasteiger partial charge in [0.15, 0.2) is 11.0 Å². The lowest BCUT2D eigenvalue weighted by Gasteiger charge is -2.12. The molecule has 0 aliphatic carbocycles. The molecular weight excluding hydrogens is 465 g/mol. The molecule has 0 N–H and O–H groups in total. The molecule has 1 aromatic heterocycles. The number of hydrogen-bond acceptors (Lipinski definition) is 5. The third kappa shape index (κ3) is 4.88. The maximum Gasteiger partial charge on any atom is 0.196 e. The minimum Gasteiger partial charge on any atom is -0.497 e. The normalized spacial score (nSPS) is 10.9. The average Bonchev–Trinajstić information content (AvgIpc) is 3.24. The zero-order valence-corrected chi connectivity index (χ0v) is 20.1. The van der Waals surface area contributed by atoms with Crippen LogP contribution in [0.25, 0.3) is 17.1 Å². The van der Waals surface area contributed by atoms with Crippen molar-refractivity contribution in [1.82, 2.24) is 14.8 Å². The van der Waals surface area contributed by atoms with Gasteiger partial charge in [-0.25, -0.2) is 0 Å². The van der Waals surface area contributed by atoms with Gasteiger partial charge in [0.2, 0.25) is 0 Å². The second-order valence-corrected chi connectivity index (χ2v) is 8.87. The Morgan fingerprint density at radius 3 is 2.16 bits per heavy atom. The molecule has 0 radical (unpaired) electrons. The van der Waals surface area contributed by atoms with Crippen molar-refractivity contribution in [3.05, 3.63) is 81.8 Å². The molecule has 3 aromatic carbocycles. The SMILES string of the molecule is COc1cc(OC)cc(-c2nnc(SCc3ccc(Cl)c(Cl)c3)n2-c2ccc(C)cc2)c1. The van der Waals surface area contributed by atoms with E-state index in [2.05, 4.69) is 41.4 Å². The van der Waals surface area contributed by atoms with Crippen LogP contribution in [0.15, 0.2) is 65.8 Å². The van der Waals surface area contributed by atoms with E-state index >= 15 is 0 Å². The van der Waals surface area contributed by atoms with E-state index in [0.717, 1.165) is 22.0 Å². The van der Waals surface area contributed by atoms with Crippen molar-refractivity contribution < 1.29 is 9.47 Å². The molecular formula is C24H21Cl2N3O2S. The molecule has 0 bridgehead atoms. The fourth-order valence-corrected chi connectivity index (χ4v) is 4.41. The molecule has 0 aliphatic heterocycles. The fourth-order valence-electron chi connectivity index (χ4n) is 3.19. The van der Waals surface area contributed by atoms with Crippen molar-refractivity contribution in [2.75, 3.05) is 14.2 Å². The molecule has 0 aliphatic rings. The molecule has 0 amide bonds. The van der Waals surface area contributed by atoms with Gasteiger partial charge in [-0.1, -0.05) is 58.7 Å². The molecule has 8 heteroatoms. The molecule has 4 rings (SSSR count). The maximum absolute atomic E-state index is 6.18. The minimum atomic E-state index is 0.536. The van der Waals surface area contributed by atoms with Gasteiger partial charge in [0.1, 0.15) is 11.5 Å². The van der Waals surface area contributed by atoms with Gasteiger partial charge in [-0.15, -0.1) is 10.2 Å². The van der Waals surface area contributed by atoms with Gasteiger partial charge in [-0.3, -0.25) is 4.57 Å². The lowest BCUT2D eigenvalue weighted by atomic mass is 10.1. The molecule has 0 atom stereocenters. The molecule has 0 saturated heterocycles. The Balaban J connectivity index is 1.77. The number of thioether (sulfide) groups is 1. The first-order chi connectivity index (χ1) is 15.5. The van der Waals surface area contributed by atoms with Gasteiger partial charge in [0, 0.05) is 23.1 Å². The molecule has 0 spiro atoms. The topological polar surface area (TPSA) is 49.2 Å². The second-order valence-electron chi connectivity index (χ2n) is 7.12. The van der Waals surface area contributed by atoms with E-state index in [4.69, 9.17) is 32.7 Å². The summed E-state index contributed by atoms with van der Waals surface area (Å²) in [5.41, 5.74) is 4.04. The Morgan fingerprint density at radius 2 is 1.53 bits per heavy atom. The van der Waals surface area contributed by atoms with Crippen LogP contribution in [-0.4, -0.2) is 29.0 Å². The zero-order chi connectivity index (χ0) is 22.7. The first-order valence-corrected chi connectivity index (χ1v) is 11.6. The summed E-state index contributed by atoms with van der Waals surface area (Å²) in [5, 5.41) is 10.8. The third-order valence-electron chi connectivity index (χ3n) is 4.89. The highest BCUT2D eigenvalue weighted by molar-refractivity contribution is 7.98. The van der Waals surface area contributed by atoms with Gasteiger partial charge in [0.25, 0.3) is 0 Å². The zero-order valence-electron chi connectivity index (χ0n) is 17.8. The van der Waals surface area contributed by atoms with E-state index in [9.17, 15) is 0 Å². The van der Waals surface area contributed by atoms with Crippen molar-refractivity contribution in [2.24, 2.45) is 0 Å². The maximum atomic E-state index is 6.18. The highest BCUT2D eigenvalue weighted by atomic mass is 35.5. The van der Waals surface area contributed by atoms with Gasteiger partial charge < -0.3 is 9.47 Å². The van der Waals surface area contributed by atoms with Crippen LogP contribution in [-0.2, 0) is 5.75 Å². The van der Waals surface area contributed by atoms with Crippen LogP contribution in [0, 0.1) is 6.92 Å². The number of ether oxygens (including phenoxy) is 2. The third-order valence-corrected chi connectivity index (χ3v) is 6.63. The monoisotopic (exact) mass is 485 g/mol. The Bertz CT molecular complexity index is 1220. The molecule has 5 nitrogen and oxygen atoms in total. The van der Waals surface area contributed by atoms with Gasteiger partial charge in [-0.05, 0) is 48.9 Å². The molecule has 164 valence electrons. The van der Waals surface area contributed by atoms with Crippen molar-refractivity contribution in [2.45, 2.75) is 17.8 Å². The summed E-state index contributed by atoms with van der Waals surface area (Å²) in [6, 6.07) is 19.6. The lowest BCUT2D eigenvalue weighted by Crippen LogP contribution is -2.00. The number of nitrogens with zero attached hydrogens (tertiary/aromatic N) is 3. The summed E-state index contributed by atoms with van der Waals surface area (Å²) in [4.78, 5) is 0. The molecule has 0 fully saturated rings. The predicted molar refractivity (Wildman–Crippen MR) is 131 cm³/mol. The Kier molecular flexibility index (Phi) is 6.94. The standard InChI is InChI=1S/C24H21Cl2N3O2S/c1-15-4-7-18(8-5-15)29-23(17-11-19(30-2)13-20(12-17)31-3)27-28-24(29)32-14-16-6-9-21(25)22(26)10-16/h4-13H,14H2,1-3H3. The van der Waals surface area contributed by atoms with Crippen LogP contribution >= 0.6 is 35.0 Å². The van der Waals surface area contributed by atoms with Gasteiger partial charge in [-0.2, -0.15) is 0 Å². The summed E-state index contributed by atoms with van der Waals surface area (Å²) in [7, 11) is 3.25. The quantitative estimate of drug-likeness (QED) is 0.267. The molecule has 0 unspecified atom stereocenters. The number of hydrogen-bond donors (Lipinski definition) is 0. The Morgan fingerprint density at radius 1 is 0.844 bits per heavy atom. The highest BCUT2D eigenvalue weighted by Gasteiger charge is 2.18. The first kappa shape index (κ1) is 22.5. The highest BCUT2D eigenvalue weighted by Crippen LogP contribution is 2.34. The average molecular weight is 486 g/mol. The van der Waals surface area contributed by atoms with Crippen molar-refractivity contribution >= 4 is 35.0 Å². The second kappa shape index (κ2) is 9.86. The molecule has 32 heavy (non-hydrogen) atoms. The van der Waals surface area contributed by atoms with Crippen LogP contribution in [0.1, 0.15) is 11.1 Å². The molecule has 0 saturated carbocycles. The smallest absolute Gasteiger partial charge is 0.196 e. The first-order valence-electron chi connectivity index (χ1n) is 9.81.